The van der Waals surface area contributed by atoms with Gasteiger partial charge in [-0.25, -0.2) is 0 Å². The molecule has 6 heteroatoms. The van der Waals surface area contributed by atoms with Crippen LogP contribution in [-0.4, -0.2) is 44.8 Å². The summed E-state index contributed by atoms with van der Waals surface area (Å²) in [6, 6.07) is 1.90. The number of amides is 1. The molecule has 19 heavy (non-hydrogen) atoms. The van der Waals surface area contributed by atoms with Crippen molar-refractivity contribution in [3.8, 4) is 0 Å². The summed E-state index contributed by atoms with van der Waals surface area (Å²) in [5.41, 5.74) is 1.79. The van der Waals surface area contributed by atoms with Crippen molar-refractivity contribution in [2.75, 3.05) is 13.1 Å². The predicted octanol–water partition coefficient (Wildman–Crippen LogP) is 0.594. The highest BCUT2D eigenvalue weighted by atomic mass is 16.4. The van der Waals surface area contributed by atoms with Gasteiger partial charge in [0.05, 0.1) is 18.0 Å². The lowest BCUT2D eigenvalue weighted by molar-refractivity contribution is -0.145. The van der Waals surface area contributed by atoms with Crippen LogP contribution >= 0.6 is 0 Å². The van der Waals surface area contributed by atoms with E-state index in [1.165, 1.54) is 0 Å². The van der Waals surface area contributed by atoms with Crippen LogP contribution in [0.5, 0.6) is 0 Å². The Kier molecular flexibility index (Phi) is 3.87. The van der Waals surface area contributed by atoms with Crippen molar-refractivity contribution >= 4 is 11.9 Å². The summed E-state index contributed by atoms with van der Waals surface area (Å²) in [5.74, 6) is -1.01. The van der Waals surface area contributed by atoms with E-state index in [-0.39, 0.29) is 11.8 Å². The first-order valence-corrected chi connectivity index (χ1v) is 6.47. The number of rotatable bonds is 3. The van der Waals surface area contributed by atoms with E-state index in [2.05, 4.69) is 5.10 Å². The van der Waals surface area contributed by atoms with Crippen LogP contribution in [0, 0.1) is 12.8 Å². The zero-order valence-electron chi connectivity index (χ0n) is 11.3. The van der Waals surface area contributed by atoms with E-state index in [1.54, 1.807) is 9.58 Å². The molecule has 6 nitrogen and oxygen atoms in total. The Morgan fingerprint density at radius 1 is 1.42 bits per heavy atom. The topological polar surface area (TPSA) is 75.4 Å². The summed E-state index contributed by atoms with van der Waals surface area (Å²) in [5, 5.41) is 13.1. The molecule has 0 aliphatic carbocycles. The number of hydrogen-bond acceptors (Lipinski definition) is 3. The van der Waals surface area contributed by atoms with Crippen LogP contribution in [0.1, 0.15) is 24.2 Å². The Labute approximate surface area is 112 Å². The molecule has 2 rings (SSSR count). The lowest BCUT2D eigenvalue weighted by Gasteiger charge is -2.30. The maximum Gasteiger partial charge on any atom is 0.306 e. The Morgan fingerprint density at radius 2 is 2.05 bits per heavy atom. The smallest absolute Gasteiger partial charge is 0.306 e. The molecule has 2 heterocycles. The number of aryl methyl sites for hydroxylation is 2. The fraction of sp³-hybridized carbons (Fsp3) is 0.615. The summed E-state index contributed by atoms with van der Waals surface area (Å²) < 4.78 is 1.72. The molecule has 1 saturated heterocycles. The number of hydrogen-bond donors (Lipinski definition) is 1. The van der Waals surface area contributed by atoms with E-state index in [9.17, 15) is 9.59 Å². The predicted molar refractivity (Wildman–Crippen MR) is 68.6 cm³/mol. The Balaban J connectivity index is 1.91. The van der Waals surface area contributed by atoms with Crippen molar-refractivity contribution < 1.29 is 14.7 Å². The molecule has 0 unspecified atom stereocenters. The number of carboxylic acid groups (broad SMARTS) is 1. The maximum absolute atomic E-state index is 12.1. The molecule has 104 valence electrons. The zero-order valence-corrected chi connectivity index (χ0v) is 11.3. The molecule has 0 atom stereocenters. The molecule has 1 aromatic rings. The van der Waals surface area contributed by atoms with Gasteiger partial charge in [-0.05, 0) is 25.8 Å². The summed E-state index contributed by atoms with van der Waals surface area (Å²) in [6.07, 6.45) is 1.42. The van der Waals surface area contributed by atoms with Crippen molar-refractivity contribution in [3.63, 3.8) is 0 Å². The van der Waals surface area contributed by atoms with Gasteiger partial charge in [0.25, 0.3) is 0 Å². The number of aliphatic carboxylic acids is 1. The molecule has 0 aromatic carbocycles. The zero-order chi connectivity index (χ0) is 14.0. The van der Waals surface area contributed by atoms with Crippen LogP contribution in [0.3, 0.4) is 0 Å². The van der Waals surface area contributed by atoms with E-state index in [0.29, 0.717) is 32.4 Å². The van der Waals surface area contributed by atoms with Gasteiger partial charge in [0.1, 0.15) is 0 Å². The molecule has 0 bridgehead atoms. The molecular formula is C13H19N3O3. The Morgan fingerprint density at radius 3 is 2.53 bits per heavy atom. The van der Waals surface area contributed by atoms with E-state index in [1.807, 2.05) is 20.0 Å². The van der Waals surface area contributed by atoms with Gasteiger partial charge >= 0.3 is 5.97 Å². The molecule has 1 amide bonds. The van der Waals surface area contributed by atoms with Gasteiger partial charge in [-0.15, -0.1) is 0 Å². The fourth-order valence-electron chi connectivity index (χ4n) is 2.47. The van der Waals surface area contributed by atoms with Crippen molar-refractivity contribution in [3.05, 3.63) is 17.5 Å². The average molecular weight is 265 g/mol. The lowest BCUT2D eigenvalue weighted by Crippen LogP contribution is -2.41. The van der Waals surface area contributed by atoms with Gasteiger partial charge in [-0.2, -0.15) is 5.10 Å². The van der Waals surface area contributed by atoms with Crippen molar-refractivity contribution in [1.29, 1.82) is 0 Å². The summed E-state index contributed by atoms with van der Waals surface area (Å²) in [4.78, 5) is 24.7. The first-order valence-electron chi connectivity index (χ1n) is 6.47. The van der Waals surface area contributed by atoms with E-state index >= 15 is 0 Å². The monoisotopic (exact) mass is 265 g/mol. The van der Waals surface area contributed by atoms with E-state index < -0.39 is 5.97 Å². The minimum absolute atomic E-state index is 0.0480. The summed E-state index contributed by atoms with van der Waals surface area (Å²) in [7, 11) is 1.83. The highest BCUT2D eigenvalue weighted by Gasteiger charge is 2.27. The highest BCUT2D eigenvalue weighted by molar-refractivity contribution is 5.79. The number of carbonyl (C=O) groups excluding carboxylic acids is 1. The molecule has 1 aliphatic heterocycles. The second-order valence-corrected chi connectivity index (χ2v) is 5.07. The SMILES string of the molecule is Cc1cc(CC(=O)N2CCC(C(=O)O)CC2)n(C)n1. The molecule has 1 N–H and O–H groups in total. The van der Waals surface area contributed by atoms with Crippen molar-refractivity contribution in [2.45, 2.75) is 26.2 Å². The van der Waals surface area contributed by atoms with Gasteiger partial charge in [0, 0.05) is 25.8 Å². The van der Waals surface area contributed by atoms with Crippen LogP contribution in [0.4, 0.5) is 0 Å². The van der Waals surface area contributed by atoms with Crippen LogP contribution in [0.15, 0.2) is 6.07 Å². The molecule has 1 fully saturated rings. The fourth-order valence-corrected chi connectivity index (χ4v) is 2.47. The van der Waals surface area contributed by atoms with E-state index in [0.717, 1.165) is 11.4 Å². The Hall–Kier alpha value is -1.85. The molecule has 0 saturated carbocycles. The van der Waals surface area contributed by atoms with Gasteiger partial charge in [0.2, 0.25) is 5.91 Å². The number of carboxylic acids is 1. The first kappa shape index (κ1) is 13.6. The number of aromatic nitrogens is 2. The third-order valence-corrected chi connectivity index (χ3v) is 3.63. The van der Waals surface area contributed by atoms with Gasteiger partial charge < -0.3 is 10.0 Å². The maximum atomic E-state index is 12.1. The highest BCUT2D eigenvalue weighted by Crippen LogP contribution is 2.18. The van der Waals surface area contributed by atoms with Crippen molar-refractivity contribution in [1.82, 2.24) is 14.7 Å². The minimum Gasteiger partial charge on any atom is -0.481 e. The lowest BCUT2D eigenvalue weighted by atomic mass is 9.97. The van der Waals surface area contributed by atoms with Crippen LogP contribution in [-0.2, 0) is 23.1 Å². The summed E-state index contributed by atoms with van der Waals surface area (Å²) >= 11 is 0. The average Bonchev–Trinajstić information content (AvgIpc) is 2.68. The second-order valence-electron chi connectivity index (χ2n) is 5.07. The number of likely N-dealkylation sites (tertiary alicyclic amines) is 1. The van der Waals surface area contributed by atoms with Gasteiger partial charge in [-0.3, -0.25) is 14.3 Å². The molecule has 1 aromatic heterocycles. The van der Waals surface area contributed by atoms with Crippen molar-refractivity contribution in [2.24, 2.45) is 13.0 Å². The molecule has 0 spiro atoms. The second kappa shape index (κ2) is 5.42. The first-order chi connectivity index (χ1) is 8.97. The number of piperidine rings is 1. The standard InChI is InChI=1S/C13H19N3O3/c1-9-7-11(15(2)14-9)8-12(17)16-5-3-10(4-6-16)13(18)19/h7,10H,3-6,8H2,1-2H3,(H,18,19). The number of nitrogens with zero attached hydrogens (tertiary/aromatic N) is 3. The molecule has 0 radical (unpaired) electrons. The largest absolute Gasteiger partial charge is 0.481 e. The van der Waals surface area contributed by atoms with Gasteiger partial charge in [0.15, 0.2) is 0 Å². The third kappa shape index (κ3) is 3.13. The minimum atomic E-state index is -0.755. The van der Waals surface area contributed by atoms with Crippen LogP contribution < -0.4 is 0 Å². The molecular weight excluding hydrogens is 246 g/mol. The van der Waals surface area contributed by atoms with E-state index in [4.69, 9.17) is 5.11 Å². The van der Waals surface area contributed by atoms with Gasteiger partial charge in [-0.1, -0.05) is 0 Å². The van der Waals surface area contributed by atoms with Crippen LogP contribution in [0.25, 0.3) is 0 Å². The van der Waals surface area contributed by atoms with Crippen LogP contribution in [0.2, 0.25) is 0 Å². The number of carbonyl (C=O) groups is 2. The summed E-state index contributed by atoms with van der Waals surface area (Å²) in [6.45, 7) is 2.96. The quantitative estimate of drug-likeness (QED) is 0.868. The Bertz CT molecular complexity index is 487. The third-order valence-electron chi connectivity index (χ3n) is 3.63. The normalized spacial score (nSPS) is 16.6. The molecule has 1 aliphatic rings.